The van der Waals surface area contributed by atoms with E-state index in [1.165, 1.54) is 24.3 Å². The molecular weight excluding hydrogens is 866 g/mol. The SMILES string of the molecule is CC(C)(C)OC(=O)N1CC[C@H](F)[C@H]1C(=O)CCc1ccc(F)c(-c2cnc(C(F)(F)F)cn2)c1.Cl.O=C(CCc1ccc(F)c(-c2cnc(C(F)(F)F)cn2)c1)[C@H]1NCC[C@@H]1F. The highest BCUT2D eigenvalue weighted by Gasteiger charge is 2.43. The van der Waals surface area contributed by atoms with E-state index in [1.54, 1.807) is 20.8 Å². The number of halogens is 11. The van der Waals surface area contributed by atoms with Crippen molar-refractivity contribution in [2.45, 2.75) is 102 Å². The Morgan fingerprint density at radius 3 is 1.60 bits per heavy atom. The maximum Gasteiger partial charge on any atom is 0.434 e. The molecule has 0 spiro atoms. The Hall–Kier alpha value is -5.24. The molecule has 0 bridgehead atoms. The average molecular weight is 907 g/mol. The first-order valence-corrected chi connectivity index (χ1v) is 18.9. The van der Waals surface area contributed by atoms with Crippen LogP contribution in [0.2, 0.25) is 0 Å². The first-order chi connectivity index (χ1) is 28.5. The minimum atomic E-state index is -4.67. The van der Waals surface area contributed by atoms with Crippen LogP contribution in [0.15, 0.2) is 61.2 Å². The van der Waals surface area contributed by atoms with Crippen LogP contribution in [0.3, 0.4) is 0 Å². The molecule has 2 aromatic carbocycles. The van der Waals surface area contributed by atoms with Gasteiger partial charge < -0.3 is 10.1 Å². The Morgan fingerprint density at radius 2 is 1.19 bits per heavy atom. The molecule has 6 rings (SSSR count). The van der Waals surface area contributed by atoms with Crippen LogP contribution >= 0.6 is 12.4 Å². The maximum atomic E-state index is 14.4. The van der Waals surface area contributed by atoms with Crippen molar-refractivity contribution >= 4 is 30.1 Å². The van der Waals surface area contributed by atoms with Crippen LogP contribution in [0.5, 0.6) is 0 Å². The number of rotatable bonds is 10. The molecule has 2 aliphatic heterocycles. The number of ether oxygens (including phenoxy) is 1. The zero-order valence-electron chi connectivity index (χ0n) is 33.3. The van der Waals surface area contributed by atoms with E-state index in [9.17, 15) is 58.3 Å². The van der Waals surface area contributed by atoms with E-state index in [1.807, 2.05) is 0 Å². The molecule has 0 aliphatic carbocycles. The van der Waals surface area contributed by atoms with Crippen molar-refractivity contribution in [3.63, 3.8) is 0 Å². The van der Waals surface area contributed by atoms with Crippen molar-refractivity contribution in [2.24, 2.45) is 0 Å². The number of hydrogen-bond acceptors (Lipinski definition) is 9. The molecule has 10 nitrogen and oxygen atoms in total. The number of aromatic nitrogens is 4. The molecule has 2 aliphatic rings. The molecule has 4 heterocycles. The number of ketones is 2. The Labute approximate surface area is 355 Å². The fourth-order valence-electron chi connectivity index (χ4n) is 6.56. The largest absolute Gasteiger partial charge is 0.444 e. The Kier molecular flexibility index (Phi) is 16.2. The second-order valence-corrected chi connectivity index (χ2v) is 15.3. The van der Waals surface area contributed by atoms with Gasteiger partial charge in [0.15, 0.2) is 23.0 Å². The van der Waals surface area contributed by atoms with E-state index in [0.29, 0.717) is 36.5 Å². The zero-order chi connectivity index (χ0) is 44.9. The Balaban J connectivity index is 0.000000275. The van der Waals surface area contributed by atoms with Crippen molar-refractivity contribution < 1.29 is 63.0 Å². The summed E-state index contributed by atoms with van der Waals surface area (Å²) in [6.45, 7) is 5.50. The van der Waals surface area contributed by atoms with Gasteiger partial charge in [-0.1, -0.05) is 12.1 Å². The monoisotopic (exact) mass is 906 g/mol. The number of likely N-dealkylation sites (tertiary alicyclic amines) is 1. The molecule has 336 valence electrons. The molecule has 21 heteroatoms. The average Bonchev–Trinajstić information content (AvgIpc) is 3.81. The molecule has 0 radical (unpaired) electrons. The second kappa shape index (κ2) is 20.3. The predicted octanol–water partition coefficient (Wildman–Crippen LogP) is 9.08. The predicted molar refractivity (Wildman–Crippen MR) is 206 cm³/mol. The Morgan fingerprint density at radius 1 is 0.710 bits per heavy atom. The quantitative estimate of drug-likeness (QED) is 0.155. The number of carbonyl (C=O) groups excluding carboxylic acids is 3. The molecule has 4 atom stereocenters. The van der Waals surface area contributed by atoms with Gasteiger partial charge in [0.05, 0.1) is 42.2 Å². The molecule has 2 aromatic heterocycles. The fraction of sp³-hybridized carbons (Fsp3) is 0.439. The van der Waals surface area contributed by atoms with Gasteiger partial charge in [-0.25, -0.2) is 32.3 Å². The van der Waals surface area contributed by atoms with E-state index in [0.717, 1.165) is 29.4 Å². The van der Waals surface area contributed by atoms with E-state index >= 15 is 0 Å². The van der Waals surface area contributed by atoms with Crippen molar-refractivity contribution in [3.05, 3.63) is 95.3 Å². The van der Waals surface area contributed by atoms with Crippen molar-refractivity contribution in [1.82, 2.24) is 30.2 Å². The van der Waals surface area contributed by atoms with E-state index in [-0.39, 0.29) is 79.4 Å². The summed E-state index contributed by atoms with van der Waals surface area (Å²) in [5.41, 5.74) is -2.33. The minimum absolute atomic E-state index is 0. The van der Waals surface area contributed by atoms with Gasteiger partial charge in [0.25, 0.3) is 0 Å². The summed E-state index contributed by atoms with van der Waals surface area (Å²) < 4.78 is 137. The van der Waals surface area contributed by atoms with E-state index in [2.05, 4.69) is 25.3 Å². The topological polar surface area (TPSA) is 127 Å². The normalized spacial score (nSPS) is 19.0. The van der Waals surface area contributed by atoms with Gasteiger partial charge in [-0.3, -0.25) is 24.5 Å². The number of hydrogen-bond donors (Lipinski definition) is 1. The summed E-state index contributed by atoms with van der Waals surface area (Å²) in [4.78, 5) is 52.2. The summed E-state index contributed by atoms with van der Waals surface area (Å²) in [7, 11) is 0. The highest BCUT2D eigenvalue weighted by atomic mass is 35.5. The first-order valence-electron chi connectivity index (χ1n) is 18.9. The van der Waals surface area contributed by atoms with Gasteiger partial charge in [-0.15, -0.1) is 12.4 Å². The van der Waals surface area contributed by atoms with Gasteiger partial charge in [0, 0.05) is 30.5 Å². The molecule has 62 heavy (non-hydrogen) atoms. The van der Waals surface area contributed by atoms with Crippen LogP contribution in [-0.2, 0) is 39.5 Å². The molecule has 2 fully saturated rings. The third-order valence-electron chi connectivity index (χ3n) is 9.59. The van der Waals surface area contributed by atoms with Crippen molar-refractivity contribution in [3.8, 4) is 22.5 Å². The highest BCUT2D eigenvalue weighted by molar-refractivity contribution is 5.89. The number of alkyl halides is 8. The zero-order valence-corrected chi connectivity index (χ0v) is 34.1. The lowest BCUT2D eigenvalue weighted by Gasteiger charge is -2.28. The maximum absolute atomic E-state index is 14.4. The summed E-state index contributed by atoms with van der Waals surface area (Å²) in [5.74, 6) is -2.16. The molecular formula is C41H41ClF10N6O4. The summed E-state index contributed by atoms with van der Waals surface area (Å²) >= 11 is 0. The third-order valence-corrected chi connectivity index (χ3v) is 9.59. The number of nitrogens with zero attached hydrogens (tertiary/aromatic N) is 5. The van der Waals surface area contributed by atoms with Crippen LogP contribution < -0.4 is 5.32 Å². The number of Topliss-reactive ketones (excluding diaryl/α,β-unsaturated/α-hetero) is 2. The lowest BCUT2D eigenvalue weighted by Crippen LogP contribution is -2.46. The number of nitrogens with one attached hydrogen (secondary N) is 1. The van der Waals surface area contributed by atoms with Crippen molar-refractivity contribution in [2.75, 3.05) is 13.1 Å². The van der Waals surface area contributed by atoms with Gasteiger partial charge in [-0.05, 0) is 88.4 Å². The Bertz CT molecular complexity index is 2190. The number of benzene rings is 2. The van der Waals surface area contributed by atoms with Crippen LogP contribution in [0.4, 0.5) is 48.7 Å². The molecule has 0 unspecified atom stereocenters. The van der Waals surface area contributed by atoms with Crippen molar-refractivity contribution in [1.29, 1.82) is 0 Å². The summed E-state index contributed by atoms with van der Waals surface area (Å²) in [6.07, 6.45) is -9.46. The number of carbonyl (C=O) groups is 3. The summed E-state index contributed by atoms with van der Waals surface area (Å²) in [6, 6.07) is 5.83. The number of amides is 1. The van der Waals surface area contributed by atoms with Crippen LogP contribution in [0.1, 0.15) is 69.0 Å². The van der Waals surface area contributed by atoms with Gasteiger partial charge in [-0.2, -0.15) is 26.3 Å². The highest BCUT2D eigenvalue weighted by Crippen LogP contribution is 2.31. The molecule has 4 aromatic rings. The molecule has 0 saturated carbocycles. The summed E-state index contributed by atoms with van der Waals surface area (Å²) in [5, 5.41) is 2.81. The van der Waals surface area contributed by atoms with Gasteiger partial charge in [0.2, 0.25) is 0 Å². The van der Waals surface area contributed by atoms with Gasteiger partial charge >= 0.3 is 18.4 Å². The third kappa shape index (κ3) is 12.9. The number of aryl methyl sites for hydroxylation is 2. The smallest absolute Gasteiger partial charge is 0.434 e. The minimum Gasteiger partial charge on any atom is -0.444 e. The lowest BCUT2D eigenvalue weighted by molar-refractivity contribution is -0.142. The fourth-order valence-corrected chi connectivity index (χ4v) is 6.56. The molecule has 1 amide bonds. The standard InChI is InChI=1S/C23H24F5N3O3.C18H16F5N3O.ClH/c1-22(2,3)34-21(33)31-9-8-16(25)20(31)18(32)7-5-13-4-6-15(24)14(10-13)17-11-30-19(12-29-17)23(26,27)28;19-12-3-1-10(2-4-15(27)17-13(20)5-6-24-17)7-11(12)14-8-26-16(9-25-14)18(21,22)23;/h4,6,10-12,16,20H,5,7-9H2,1-3H3;1,3,7-9,13,17,24H,2,4-6H2;1H/t16-,20-;13-,17-;/m00./s1. The van der Waals surface area contributed by atoms with Crippen LogP contribution in [-0.4, -0.2) is 85.6 Å². The molecule has 1 N–H and O–H groups in total. The van der Waals surface area contributed by atoms with E-state index < -0.39 is 77.3 Å². The van der Waals surface area contributed by atoms with Gasteiger partial charge in [0.1, 0.15) is 35.6 Å². The van der Waals surface area contributed by atoms with Crippen LogP contribution in [0.25, 0.3) is 22.5 Å². The van der Waals surface area contributed by atoms with Crippen LogP contribution in [0, 0.1) is 11.6 Å². The molecule has 2 saturated heterocycles. The second-order valence-electron chi connectivity index (χ2n) is 15.3. The first kappa shape index (κ1) is 49.4. The lowest BCUT2D eigenvalue weighted by atomic mass is 9.99. The van der Waals surface area contributed by atoms with E-state index in [4.69, 9.17) is 4.74 Å².